The number of benzene rings is 2. The van der Waals surface area contributed by atoms with Crippen LogP contribution in [0.2, 0.25) is 0 Å². The Hall–Kier alpha value is -2.89. The number of hydrogen-bond acceptors (Lipinski definition) is 5. The highest BCUT2D eigenvalue weighted by Gasteiger charge is 2.31. The molecule has 29 heavy (non-hydrogen) atoms. The normalized spacial score (nSPS) is 19.7. The summed E-state index contributed by atoms with van der Waals surface area (Å²) in [5.74, 6) is 1.80. The van der Waals surface area contributed by atoms with Crippen LogP contribution >= 0.6 is 0 Å². The number of nitrogens with two attached hydrogens (primary N) is 2. The van der Waals surface area contributed by atoms with Gasteiger partial charge in [0.1, 0.15) is 0 Å². The van der Waals surface area contributed by atoms with Gasteiger partial charge in [-0.2, -0.15) is 0 Å². The van der Waals surface area contributed by atoms with Crippen LogP contribution in [0.15, 0.2) is 36.4 Å². The second-order valence-corrected chi connectivity index (χ2v) is 8.07. The quantitative estimate of drug-likeness (QED) is 0.728. The minimum absolute atomic E-state index is 0.134. The zero-order valence-electron chi connectivity index (χ0n) is 16.9. The number of nitrogens with zero attached hydrogens (tertiary/aromatic N) is 1. The molecule has 4 rings (SSSR count). The maximum Gasteiger partial charge on any atom is 0.223 e. The van der Waals surface area contributed by atoms with Crippen LogP contribution in [0.5, 0.6) is 11.5 Å². The topological polar surface area (TPSA) is 90.8 Å². The Morgan fingerprint density at radius 3 is 2.59 bits per heavy atom. The van der Waals surface area contributed by atoms with Crippen LogP contribution in [0.1, 0.15) is 49.1 Å². The number of nitrogen functional groups attached to an aromatic ring is 2. The Kier molecular flexibility index (Phi) is 5.51. The molecule has 0 radical (unpaired) electrons. The van der Waals surface area contributed by atoms with Crippen molar-refractivity contribution < 1.29 is 14.3 Å². The van der Waals surface area contributed by atoms with Gasteiger partial charge in [-0.05, 0) is 61.1 Å². The zero-order chi connectivity index (χ0) is 20.4. The van der Waals surface area contributed by atoms with E-state index < -0.39 is 0 Å². The van der Waals surface area contributed by atoms with Crippen molar-refractivity contribution in [3.8, 4) is 11.5 Å². The highest BCUT2D eigenvalue weighted by atomic mass is 16.5. The van der Waals surface area contributed by atoms with E-state index >= 15 is 0 Å². The number of ether oxygens (including phenoxy) is 2. The Morgan fingerprint density at radius 1 is 1.07 bits per heavy atom. The molecule has 2 aromatic rings. The molecule has 1 saturated carbocycles. The van der Waals surface area contributed by atoms with E-state index in [2.05, 4.69) is 6.07 Å². The molecule has 1 aliphatic heterocycles. The summed E-state index contributed by atoms with van der Waals surface area (Å²) >= 11 is 0. The maximum absolute atomic E-state index is 12.6. The van der Waals surface area contributed by atoms with Gasteiger partial charge in [0, 0.05) is 36.8 Å². The molecular formula is C23H29N3O3. The molecule has 0 aromatic heterocycles. The molecule has 1 amide bonds. The molecule has 6 nitrogen and oxygen atoms in total. The van der Waals surface area contributed by atoms with E-state index in [1.807, 2.05) is 29.2 Å². The summed E-state index contributed by atoms with van der Waals surface area (Å²) in [6.45, 7) is 1.17. The summed E-state index contributed by atoms with van der Waals surface area (Å²) in [4.78, 5) is 14.5. The van der Waals surface area contributed by atoms with Crippen molar-refractivity contribution >= 4 is 17.3 Å². The number of carbonyl (C=O) groups excluding carboxylic acids is 1. The second-order valence-electron chi connectivity index (χ2n) is 8.07. The number of likely N-dealkylation sites (tertiary alicyclic amines) is 1. The van der Waals surface area contributed by atoms with Crippen LogP contribution in [0.3, 0.4) is 0 Å². The van der Waals surface area contributed by atoms with Gasteiger partial charge in [0.2, 0.25) is 5.91 Å². The van der Waals surface area contributed by atoms with Gasteiger partial charge in [0.25, 0.3) is 0 Å². The molecular weight excluding hydrogens is 366 g/mol. The predicted molar refractivity (Wildman–Crippen MR) is 114 cm³/mol. The Labute approximate surface area is 171 Å². The summed E-state index contributed by atoms with van der Waals surface area (Å²) in [6, 6.07) is 11.5. The number of hydrogen-bond donors (Lipinski definition) is 2. The molecule has 2 aliphatic rings. The summed E-state index contributed by atoms with van der Waals surface area (Å²) in [6.07, 6.45) is 5.36. The first kappa shape index (κ1) is 19.4. The molecule has 154 valence electrons. The molecule has 6 heteroatoms. The van der Waals surface area contributed by atoms with Crippen molar-refractivity contribution in [3.05, 3.63) is 47.5 Å². The summed E-state index contributed by atoms with van der Waals surface area (Å²) < 4.78 is 11.7. The van der Waals surface area contributed by atoms with Crippen molar-refractivity contribution in [2.75, 3.05) is 25.1 Å². The molecule has 1 aliphatic carbocycles. The first-order chi connectivity index (χ1) is 14.0. The lowest BCUT2D eigenvalue weighted by molar-refractivity contribution is -0.128. The van der Waals surface area contributed by atoms with E-state index in [9.17, 15) is 4.79 Å². The van der Waals surface area contributed by atoms with Crippen LogP contribution in [-0.4, -0.2) is 30.6 Å². The summed E-state index contributed by atoms with van der Waals surface area (Å²) in [5, 5.41) is 0. The minimum atomic E-state index is 0.134. The van der Waals surface area contributed by atoms with Crippen molar-refractivity contribution in [2.45, 2.75) is 50.7 Å². The number of anilines is 2. The molecule has 4 N–H and O–H groups in total. The van der Waals surface area contributed by atoms with Crippen molar-refractivity contribution in [1.29, 1.82) is 0 Å². The summed E-state index contributed by atoms with van der Waals surface area (Å²) in [5.41, 5.74) is 15.1. The van der Waals surface area contributed by atoms with Gasteiger partial charge in [-0.25, -0.2) is 0 Å². The molecule has 1 atom stereocenters. The van der Waals surface area contributed by atoms with Crippen LogP contribution in [0.25, 0.3) is 0 Å². The largest absolute Gasteiger partial charge is 0.493 e. The standard InChI is InChI=1S/C23H29N3O3/c1-28-21-9-7-15(10-22(21)29-19-4-2-3-5-19)17-11-23(27)26(14-17)13-16-6-8-18(24)12-20(16)25/h6-10,12,17,19H,2-5,11,13-14,24-25H2,1H3. The third-order valence-electron chi connectivity index (χ3n) is 6.00. The minimum Gasteiger partial charge on any atom is -0.493 e. The molecule has 1 saturated heterocycles. The average molecular weight is 396 g/mol. The SMILES string of the molecule is COc1ccc(C2CC(=O)N(Cc3ccc(N)cc3N)C2)cc1OC1CCCC1. The predicted octanol–water partition coefficient (Wildman–Crippen LogP) is 3.70. The fraction of sp³-hybridized carbons (Fsp3) is 0.435. The van der Waals surface area contributed by atoms with Gasteiger partial charge in [-0.1, -0.05) is 12.1 Å². The number of methoxy groups -OCH3 is 1. The first-order valence-corrected chi connectivity index (χ1v) is 10.3. The molecule has 1 heterocycles. The van der Waals surface area contributed by atoms with Crippen molar-refractivity contribution in [2.24, 2.45) is 0 Å². The smallest absolute Gasteiger partial charge is 0.223 e. The third kappa shape index (κ3) is 4.26. The lowest BCUT2D eigenvalue weighted by atomic mass is 9.98. The van der Waals surface area contributed by atoms with E-state index in [4.69, 9.17) is 20.9 Å². The number of amides is 1. The second kappa shape index (κ2) is 8.23. The van der Waals surface area contributed by atoms with E-state index in [-0.39, 0.29) is 17.9 Å². The molecule has 2 fully saturated rings. The van der Waals surface area contributed by atoms with E-state index in [0.29, 0.717) is 30.9 Å². The van der Waals surface area contributed by atoms with Crippen molar-refractivity contribution in [3.63, 3.8) is 0 Å². The van der Waals surface area contributed by atoms with Crippen LogP contribution in [-0.2, 0) is 11.3 Å². The lowest BCUT2D eigenvalue weighted by Crippen LogP contribution is -2.25. The Morgan fingerprint density at radius 2 is 1.86 bits per heavy atom. The molecule has 1 unspecified atom stereocenters. The van der Waals surface area contributed by atoms with Crippen LogP contribution < -0.4 is 20.9 Å². The summed E-state index contributed by atoms with van der Waals surface area (Å²) in [7, 11) is 1.66. The molecule has 0 spiro atoms. The fourth-order valence-electron chi connectivity index (χ4n) is 4.34. The first-order valence-electron chi connectivity index (χ1n) is 10.3. The van der Waals surface area contributed by atoms with Crippen LogP contribution in [0, 0.1) is 0 Å². The number of carbonyl (C=O) groups is 1. The highest BCUT2D eigenvalue weighted by molar-refractivity contribution is 5.80. The molecule has 0 bridgehead atoms. The van der Waals surface area contributed by atoms with Gasteiger partial charge in [-0.15, -0.1) is 0 Å². The van der Waals surface area contributed by atoms with Gasteiger partial charge < -0.3 is 25.8 Å². The molecule has 2 aromatic carbocycles. The average Bonchev–Trinajstić information content (AvgIpc) is 3.34. The van der Waals surface area contributed by atoms with E-state index in [1.54, 1.807) is 13.2 Å². The van der Waals surface area contributed by atoms with Crippen LogP contribution in [0.4, 0.5) is 11.4 Å². The fourth-order valence-corrected chi connectivity index (χ4v) is 4.34. The van der Waals surface area contributed by atoms with Gasteiger partial charge >= 0.3 is 0 Å². The Bertz CT molecular complexity index is 893. The monoisotopic (exact) mass is 395 g/mol. The maximum atomic E-state index is 12.6. The van der Waals surface area contributed by atoms with E-state index in [1.165, 1.54) is 12.8 Å². The van der Waals surface area contributed by atoms with Crippen molar-refractivity contribution in [1.82, 2.24) is 4.90 Å². The zero-order valence-corrected chi connectivity index (χ0v) is 16.9. The lowest BCUT2D eigenvalue weighted by Gasteiger charge is -2.20. The van der Waals surface area contributed by atoms with Gasteiger partial charge in [0.15, 0.2) is 11.5 Å². The van der Waals surface area contributed by atoms with Gasteiger partial charge in [0.05, 0.1) is 13.2 Å². The van der Waals surface area contributed by atoms with Gasteiger partial charge in [-0.3, -0.25) is 4.79 Å². The van der Waals surface area contributed by atoms with E-state index in [0.717, 1.165) is 35.5 Å². The highest BCUT2D eigenvalue weighted by Crippen LogP contribution is 2.37. The Balaban J connectivity index is 1.49. The third-order valence-corrected chi connectivity index (χ3v) is 6.00. The number of rotatable bonds is 6.